The zero-order valence-electron chi connectivity index (χ0n) is 21.4. The van der Waals surface area contributed by atoms with E-state index in [1.54, 1.807) is 26.0 Å². The molecule has 0 radical (unpaired) electrons. The van der Waals surface area contributed by atoms with Crippen molar-refractivity contribution in [2.24, 2.45) is 5.92 Å². The van der Waals surface area contributed by atoms with Gasteiger partial charge >= 0.3 is 0 Å². The van der Waals surface area contributed by atoms with Gasteiger partial charge in [0.2, 0.25) is 20.0 Å². The summed E-state index contributed by atoms with van der Waals surface area (Å²) in [5.74, 6) is 4.95. The largest absolute Gasteiger partial charge is 0.487 e. The smallest absolute Gasteiger partial charge is 0.247 e. The number of hydrogen-bond donors (Lipinski definition) is 1. The van der Waals surface area contributed by atoms with Gasteiger partial charge in [0, 0.05) is 37.5 Å². The molecule has 0 unspecified atom stereocenters. The van der Waals surface area contributed by atoms with E-state index in [-0.39, 0.29) is 35.2 Å². The molecule has 202 valence electrons. The summed E-state index contributed by atoms with van der Waals surface area (Å²) < 4.78 is 75.6. The Morgan fingerprint density at radius 2 is 2.00 bits per heavy atom. The molecule has 3 rings (SSSR count). The van der Waals surface area contributed by atoms with Crippen LogP contribution in [0.2, 0.25) is 0 Å². The Morgan fingerprint density at radius 1 is 1.27 bits per heavy atom. The van der Waals surface area contributed by atoms with Gasteiger partial charge in [-0.3, -0.25) is 0 Å². The third kappa shape index (κ3) is 6.51. The maximum absolute atomic E-state index is 13.7. The molecule has 8 nitrogen and oxygen atoms in total. The second kappa shape index (κ2) is 11.9. The molecule has 1 N–H and O–H groups in total. The van der Waals surface area contributed by atoms with Gasteiger partial charge in [-0.25, -0.2) is 21.2 Å². The summed E-state index contributed by atoms with van der Waals surface area (Å²) in [6, 6.07) is 8.60. The van der Waals surface area contributed by atoms with Crippen molar-refractivity contribution in [3.05, 3.63) is 53.8 Å². The first-order chi connectivity index (χ1) is 17.4. The molecule has 0 amide bonds. The number of likely N-dealkylation sites (N-methyl/N-ethyl adjacent to an activating group) is 1. The lowest BCUT2D eigenvalue weighted by Crippen LogP contribution is -2.50. The molecule has 1 aliphatic heterocycles. The molecular formula is C26H33FN2O6S2. The van der Waals surface area contributed by atoms with Crippen molar-refractivity contribution in [1.29, 1.82) is 0 Å². The number of sulfonamides is 2. The van der Waals surface area contributed by atoms with Gasteiger partial charge in [-0.15, -0.1) is 0 Å². The Bertz CT molecular complexity index is 1390. The van der Waals surface area contributed by atoms with Crippen LogP contribution in [0.5, 0.6) is 5.75 Å². The highest BCUT2D eigenvalue weighted by molar-refractivity contribution is 7.89. The highest BCUT2D eigenvalue weighted by Gasteiger charge is 2.39. The quantitative estimate of drug-likeness (QED) is 0.530. The van der Waals surface area contributed by atoms with Gasteiger partial charge in [0.1, 0.15) is 22.6 Å². The fourth-order valence-corrected chi connectivity index (χ4v) is 7.01. The molecule has 0 fully saturated rings. The van der Waals surface area contributed by atoms with Gasteiger partial charge in [0.05, 0.1) is 18.0 Å². The molecule has 0 saturated heterocycles. The van der Waals surface area contributed by atoms with E-state index in [1.165, 1.54) is 29.6 Å². The van der Waals surface area contributed by atoms with E-state index < -0.39 is 43.9 Å². The molecule has 0 aliphatic carbocycles. The van der Waals surface area contributed by atoms with E-state index >= 15 is 0 Å². The maximum atomic E-state index is 13.7. The van der Waals surface area contributed by atoms with Crippen LogP contribution in [0.25, 0.3) is 0 Å². The molecule has 11 heteroatoms. The van der Waals surface area contributed by atoms with Crippen LogP contribution in [-0.2, 0) is 20.0 Å². The topological polar surface area (TPSA) is 104 Å². The van der Waals surface area contributed by atoms with Crippen LogP contribution in [0.4, 0.5) is 4.39 Å². The highest BCUT2D eigenvalue weighted by Crippen LogP contribution is 2.34. The number of aliphatic hydroxyl groups excluding tert-OH is 1. The summed E-state index contributed by atoms with van der Waals surface area (Å²) in [6.45, 7) is 4.86. The van der Waals surface area contributed by atoms with Crippen LogP contribution in [0, 0.1) is 23.6 Å². The van der Waals surface area contributed by atoms with E-state index in [0.29, 0.717) is 12.0 Å². The number of unbranched alkanes of at least 4 members (excludes halogenated alkanes) is 1. The van der Waals surface area contributed by atoms with Crippen molar-refractivity contribution < 1.29 is 31.1 Å². The second-order valence-corrected chi connectivity index (χ2v) is 13.1. The lowest BCUT2D eigenvalue weighted by Gasteiger charge is -2.37. The predicted octanol–water partition coefficient (Wildman–Crippen LogP) is 3.07. The monoisotopic (exact) mass is 552 g/mol. The van der Waals surface area contributed by atoms with Crippen LogP contribution >= 0.6 is 0 Å². The Balaban J connectivity index is 2.05. The lowest BCUT2D eigenvalue weighted by molar-refractivity contribution is 0.0904. The van der Waals surface area contributed by atoms with Crippen molar-refractivity contribution in [3.63, 3.8) is 0 Å². The minimum atomic E-state index is -4.04. The number of rotatable bonds is 7. The van der Waals surface area contributed by atoms with E-state index in [9.17, 15) is 26.3 Å². The van der Waals surface area contributed by atoms with Gasteiger partial charge in [0.25, 0.3) is 0 Å². The number of hydrogen-bond acceptors (Lipinski definition) is 6. The summed E-state index contributed by atoms with van der Waals surface area (Å²) in [4.78, 5) is -0.276. The molecular weight excluding hydrogens is 519 g/mol. The molecule has 2 aromatic rings. The summed E-state index contributed by atoms with van der Waals surface area (Å²) >= 11 is 0. The SMILES string of the molecule is CCCC#Cc1ccc2c(c1)O[C@@H](CN(C)S(=O)(=O)c1cccc(F)c1)[C@H](C)CN([C@@H](C)CO)S2(=O)=O. The normalized spacial score (nSPS) is 20.6. The number of fused-ring (bicyclic) bond motifs is 1. The van der Waals surface area contributed by atoms with Gasteiger partial charge < -0.3 is 9.84 Å². The van der Waals surface area contributed by atoms with Crippen molar-refractivity contribution in [2.75, 3.05) is 26.7 Å². The van der Waals surface area contributed by atoms with Crippen molar-refractivity contribution >= 4 is 20.0 Å². The first-order valence-electron chi connectivity index (χ1n) is 12.1. The van der Waals surface area contributed by atoms with E-state index in [2.05, 4.69) is 11.8 Å². The van der Waals surface area contributed by atoms with E-state index in [1.807, 2.05) is 6.92 Å². The van der Waals surface area contributed by atoms with Crippen molar-refractivity contribution in [1.82, 2.24) is 8.61 Å². The molecule has 3 atom stereocenters. The summed E-state index contributed by atoms with van der Waals surface area (Å²) in [5.41, 5.74) is 0.567. The Morgan fingerprint density at radius 3 is 2.65 bits per heavy atom. The van der Waals surface area contributed by atoms with Crippen molar-refractivity contribution in [3.8, 4) is 17.6 Å². The van der Waals surface area contributed by atoms with Gasteiger partial charge in [0.15, 0.2) is 0 Å². The number of ether oxygens (including phenoxy) is 1. The number of nitrogens with zero attached hydrogens (tertiary/aromatic N) is 2. The molecule has 1 aliphatic rings. The van der Waals surface area contributed by atoms with Gasteiger partial charge in [-0.1, -0.05) is 31.8 Å². The minimum absolute atomic E-state index is 0.0000758. The predicted molar refractivity (Wildman–Crippen MR) is 138 cm³/mol. The van der Waals surface area contributed by atoms with Crippen LogP contribution in [-0.4, -0.2) is 69.4 Å². The van der Waals surface area contributed by atoms with E-state index in [4.69, 9.17) is 4.74 Å². The number of halogens is 1. The lowest BCUT2D eigenvalue weighted by atomic mass is 10.0. The first-order valence-corrected chi connectivity index (χ1v) is 14.9. The summed E-state index contributed by atoms with van der Waals surface area (Å²) in [6.07, 6.45) is 0.804. The third-order valence-corrected chi connectivity index (χ3v) is 10.1. The summed E-state index contributed by atoms with van der Waals surface area (Å²) in [7, 11) is -6.71. The van der Waals surface area contributed by atoms with Crippen LogP contribution in [0.15, 0.2) is 52.3 Å². The molecule has 0 saturated carbocycles. The summed E-state index contributed by atoms with van der Waals surface area (Å²) in [5, 5.41) is 9.77. The Kier molecular flexibility index (Phi) is 9.37. The van der Waals surface area contributed by atoms with Crippen LogP contribution < -0.4 is 4.74 Å². The Labute approximate surface area is 219 Å². The number of benzene rings is 2. The second-order valence-electron chi connectivity index (χ2n) is 9.20. The first kappa shape index (κ1) is 29.1. The Hall–Kier alpha value is -2.49. The minimum Gasteiger partial charge on any atom is -0.487 e. The zero-order valence-corrected chi connectivity index (χ0v) is 23.0. The zero-order chi connectivity index (χ0) is 27.4. The van der Waals surface area contributed by atoms with E-state index in [0.717, 1.165) is 22.9 Å². The molecule has 37 heavy (non-hydrogen) atoms. The van der Waals surface area contributed by atoms with Gasteiger partial charge in [-0.2, -0.15) is 8.61 Å². The number of aliphatic hydroxyl groups is 1. The molecule has 0 bridgehead atoms. The van der Waals surface area contributed by atoms with Crippen molar-refractivity contribution in [2.45, 2.75) is 55.5 Å². The average molecular weight is 553 g/mol. The van der Waals surface area contributed by atoms with Crippen LogP contribution in [0.3, 0.4) is 0 Å². The van der Waals surface area contributed by atoms with Crippen LogP contribution in [0.1, 0.15) is 39.2 Å². The highest BCUT2D eigenvalue weighted by atomic mass is 32.2. The standard InChI is InChI=1S/C26H33FN2O6S2/c1-5-6-7-9-21-12-13-26-24(14-21)35-25(19(2)16-29(20(3)18-30)37(26,33)34)17-28(4)36(31,32)23-11-8-10-22(27)15-23/h8,10-15,19-20,25,30H,5-6,16-18H2,1-4H3/t19-,20+,25+/m1/s1. The average Bonchev–Trinajstić information content (AvgIpc) is 2.85. The fraction of sp³-hybridized carbons (Fsp3) is 0.462. The third-order valence-electron chi connectivity index (χ3n) is 6.22. The maximum Gasteiger partial charge on any atom is 0.247 e. The molecule has 2 aromatic carbocycles. The molecule has 1 heterocycles. The molecule has 0 aromatic heterocycles. The van der Waals surface area contributed by atoms with Gasteiger partial charge in [-0.05, 0) is 49.7 Å². The fourth-order valence-electron chi connectivity index (χ4n) is 3.97. The molecule has 0 spiro atoms.